The molecule has 1 saturated carbocycles. The molecule has 0 radical (unpaired) electrons. The quantitative estimate of drug-likeness (QED) is 0.762. The summed E-state index contributed by atoms with van der Waals surface area (Å²) in [5.74, 6) is 0.134. The molecule has 2 aliphatic rings. The SMILES string of the molecule is CC(C)C1(C)CC(=O)N(C2CCC(O)CC2)C1=O. The fourth-order valence-electron chi connectivity index (χ4n) is 3.00. The molecule has 0 aromatic heterocycles. The van der Waals surface area contributed by atoms with Crippen LogP contribution in [0.25, 0.3) is 0 Å². The van der Waals surface area contributed by atoms with Gasteiger partial charge in [0.2, 0.25) is 11.8 Å². The smallest absolute Gasteiger partial charge is 0.236 e. The number of carbonyl (C=O) groups excluding carboxylic acids is 2. The molecule has 0 bridgehead atoms. The number of rotatable bonds is 2. The molecule has 4 nitrogen and oxygen atoms in total. The van der Waals surface area contributed by atoms with Crippen molar-refractivity contribution in [3.63, 3.8) is 0 Å². The predicted molar refractivity (Wildman–Crippen MR) is 67.7 cm³/mol. The van der Waals surface area contributed by atoms with Crippen LogP contribution < -0.4 is 0 Å². The number of hydrogen-bond acceptors (Lipinski definition) is 3. The molecule has 18 heavy (non-hydrogen) atoms. The molecule has 2 amide bonds. The van der Waals surface area contributed by atoms with Gasteiger partial charge in [-0.25, -0.2) is 0 Å². The van der Waals surface area contributed by atoms with E-state index in [0.717, 1.165) is 12.8 Å². The molecule has 2 fully saturated rings. The first-order chi connectivity index (χ1) is 8.36. The summed E-state index contributed by atoms with van der Waals surface area (Å²) >= 11 is 0. The first-order valence-electron chi connectivity index (χ1n) is 6.91. The van der Waals surface area contributed by atoms with Crippen LogP contribution in [0.5, 0.6) is 0 Å². The Hall–Kier alpha value is -0.900. The van der Waals surface area contributed by atoms with Crippen molar-refractivity contribution in [2.75, 3.05) is 0 Å². The van der Waals surface area contributed by atoms with Gasteiger partial charge in [0, 0.05) is 12.5 Å². The maximum atomic E-state index is 12.5. The van der Waals surface area contributed by atoms with Gasteiger partial charge in [-0.05, 0) is 38.5 Å². The molecular weight excluding hydrogens is 230 g/mol. The van der Waals surface area contributed by atoms with Crippen LogP contribution in [0.1, 0.15) is 52.9 Å². The van der Waals surface area contributed by atoms with Crippen molar-refractivity contribution in [3.05, 3.63) is 0 Å². The molecule has 0 aromatic carbocycles. The Bertz CT molecular complexity index is 358. The Morgan fingerprint density at radius 3 is 2.22 bits per heavy atom. The zero-order valence-corrected chi connectivity index (χ0v) is 11.5. The van der Waals surface area contributed by atoms with Crippen molar-refractivity contribution in [1.82, 2.24) is 4.90 Å². The summed E-state index contributed by atoms with van der Waals surface area (Å²) in [5, 5.41) is 9.50. The van der Waals surface area contributed by atoms with E-state index in [9.17, 15) is 14.7 Å². The van der Waals surface area contributed by atoms with Crippen LogP contribution in [0.3, 0.4) is 0 Å². The number of aliphatic hydroxyl groups excluding tert-OH is 1. The molecule has 1 aliphatic heterocycles. The molecular formula is C14H23NO3. The van der Waals surface area contributed by atoms with Crippen LogP contribution in [0, 0.1) is 11.3 Å². The maximum absolute atomic E-state index is 12.5. The summed E-state index contributed by atoms with van der Waals surface area (Å²) < 4.78 is 0. The van der Waals surface area contributed by atoms with Crippen LogP contribution in [-0.2, 0) is 9.59 Å². The van der Waals surface area contributed by atoms with Crippen molar-refractivity contribution in [2.24, 2.45) is 11.3 Å². The topological polar surface area (TPSA) is 57.6 Å². The minimum atomic E-state index is -0.535. The van der Waals surface area contributed by atoms with Crippen LogP contribution >= 0.6 is 0 Å². The monoisotopic (exact) mass is 253 g/mol. The van der Waals surface area contributed by atoms with Gasteiger partial charge in [0.15, 0.2) is 0 Å². The van der Waals surface area contributed by atoms with Gasteiger partial charge in [-0.2, -0.15) is 0 Å². The highest BCUT2D eigenvalue weighted by Gasteiger charge is 2.52. The van der Waals surface area contributed by atoms with Crippen LogP contribution in [0.15, 0.2) is 0 Å². The highest BCUT2D eigenvalue weighted by molar-refractivity contribution is 6.06. The normalized spacial score (nSPS) is 37.7. The van der Waals surface area contributed by atoms with Crippen LogP contribution in [0.2, 0.25) is 0 Å². The van der Waals surface area contributed by atoms with E-state index in [1.165, 1.54) is 4.90 Å². The Labute approximate surface area is 108 Å². The minimum Gasteiger partial charge on any atom is -0.393 e. The van der Waals surface area contributed by atoms with Gasteiger partial charge in [-0.15, -0.1) is 0 Å². The summed E-state index contributed by atoms with van der Waals surface area (Å²) in [5.41, 5.74) is -0.535. The third-order valence-electron chi connectivity index (χ3n) is 4.80. The summed E-state index contributed by atoms with van der Waals surface area (Å²) in [6.07, 6.45) is 2.95. The van der Waals surface area contributed by atoms with E-state index in [-0.39, 0.29) is 29.9 Å². The first-order valence-corrected chi connectivity index (χ1v) is 6.91. The summed E-state index contributed by atoms with van der Waals surface area (Å²) in [6.45, 7) is 5.90. The molecule has 0 spiro atoms. The first kappa shape index (κ1) is 13.5. The zero-order valence-electron chi connectivity index (χ0n) is 11.5. The number of hydrogen-bond donors (Lipinski definition) is 1. The van der Waals surface area contributed by atoms with Crippen LogP contribution in [0.4, 0.5) is 0 Å². The van der Waals surface area contributed by atoms with E-state index in [0.29, 0.717) is 19.3 Å². The minimum absolute atomic E-state index is 0.00831. The van der Waals surface area contributed by atoms with Crippen molar-refractivity contribution < 1.29 is 14.7 Å². The Kier molecular flexibility index (Phi) is 3.49. The van der Waals surface area contributed by atoms with Crippen molar-refractivity contribution in [3.8, 4) is 0 Å². The van der Waals surface area contributed by atoms with Crippen molar-refractivity contribution >= 4 is 11.8 Å². The van der Waals surface area contributed by atoms with Gasteiger partial charge in [0.05, 0.1) is 11.5 Å². The van der Waals surface area contributed by atoms with Crippen LogP contribution in [-0.4, -0.2) is 34.0 Å². The highest BCUT2D eigenvalue weighted by atomic mass is 16.3. The number of aliphatic hydroxyl groups is 1. The second kappa shape index (κ2) is 4.65. The number of carbonyl (C=O) groups is 2. The van der Waals surface area contributed by atoms with Gasteiger partial charge in [-0.1, -0.05) is 13.8 Å². The molecule has 1 saturated heterocycles. The number of imide groups is 1. The van der Waals surface area contributed by atoms with Crippen molar-refractivity contribution in [2.45, 2.75) is 65.0 Å². The Morgan fingerprint density at radius 1 is 1.22 bits per heavy atom. The Morgan fingerprint density at radius 2 is 1.78 bits per heavy atom. The molecule has 4 heteroatoms. The molecule has 1 unspecified atom stereocenters. The van der Waals surface area contributed by atoms with E-state index < -0.39 is 5.41 Å². The molecule has 2 rings (SSSR count). The van der Waals surface area contributed by atoms with Crippen molar-refractivity contribution in [1.29, 1.82) is 0 Å². The largest absolute Gasteiger partial charge is 0.393 e. The Balaban J connectivity index is 2.15. The summed E-state index contributed by atoms with van der Waals surface area (Å²) in [4.78, 5) is 26.1. The number of nitrogens with zero attached hydrogens (tertiary/aromatic N) is 1. The average Bonchev–Trinajstić information content (AvgIpc) is 2.53. The summed E-state index contributed by atoms with van der Waals surface area (Å²) in [7, 11) is 0. The molecule has 102 valence electrons. The predicted octanol–water partition coefficient (Wildman–Crippen LogP) is 1.71. The second-order valence-corrected chi connectivity index (χ2v) is 6.28. The van der Waals surface area contributed by atoms with Gasteiger partial charge in [0.1, 0.15) is 0 Å². The molecule has 1 atom stereocenters. The second-order valence-electron chi connectivity index (χ2n) is 6.28. The average molecular weight is 253 g/mol. The van der Waals surface area contributed by atoms with E-state index in [1.54, 1.807) is 0 Å². The lowest BCUT2D eigenvalue weighted by atomic mass is 9.77. The van der Waals surface area contributed by atoms with E-state index in [2.05, 4.69) is 0 Å². The lowest BCUT2D eigenvalue weighted by Gasteiger charge is -2.33. The fourth-order valence-corrected chi connectivity index (χ4v) is 3.00. The van der Waals surface area contributed by atoms with Gasteiger partial charge in [0.25, 0.3) is 0 Å². The summed E-state index contributed by atoms with van der Waals surface area (Å²) in [6, 6.07) is 0.00831. The number of likely N-dealkylation sites (tertiary alicyclic amines) is 1. The van der Waals surface area contributed by atoms with E-state index in [1.807, 2.05) is 20.8 Å². The highest BCUT2D eigenvalue weighted by Crippen LogP contribution is 2.41. The molecule has 1 heterocycles. The molecule has 0 aromatic rings. The van der Waals surface area contributed by atoms with Gasteiger partial charge >= 0.3 is 0 Å². The lowest BCUT2D eigenvalue weighted by Crippen LogP contribution is -2.45. The molecule has 1 N–H and O–H groups in total. The van der Waals surface area contributed by atoms with Gasteiger partial charge in [-0.3, -0.25) is 14.5 Å². The number of amides is 2. The maximum Gasteiger partial charge on any atom is 0.236 e. The third-order valence-corrected chi connectivity index (χ3v) is 4.80. The van der Waals surface area contributed by atoms with Gasteiger partial charge < -0.3 is 5.11 Å². The fraction of sp³-hybridized carbons (Fsp3) is 0.857. The molecule has 1 aliphatic carbocycles. The zero-order chi connectivity index (χ0) is 13.5. The standard InChI is InChI=1S/C14H23NO3/c1-9(2)14(3)8-12(17)15(13(14)18)10-4-6-11(16)7-5-10/h9-11,16H,4-8H2,1-3H3. The lowest BCUT2D eigenvalue weighted by molar-refractivity contribution is -0.146. The van der Waals surface area contributed by atoms with E-state index in [4.69, 9.17) is 0 Å². The third kappa shape index (κ3) is 2.07. The van der Waals surface area contributed by atoms with E-state index >= 15 is 0 Å².